The molecule has 1 nitrogen and oxygen atoms in total. The Hall–Kier alpha value is -0.370. The summed E-state index contributed by atoms with van der Waals surface area (Å²) in [5.41, 5.74) is 1.12. The smallest absolute Gasteiger partial charge is 0.0925 e. The van der Waals surface area contributed by atoms with Crippen molar-refractivity contribution in [2.75, 3.05) is 0 Å². The number of hydrogen-bond acceptors (Lipinski definition) is 2. The Kier molecular flexibility index (Phi) is 2.22. The minimum Gasteiger partial charge on any atom is -0.246 e. The molecule has 0 unspecified atom stereocenters. The molecule has 0 bridgehead atoms. The maximum atomic E-state index is 4.30. The zero-order valence-corrected chi connectivity index (χ0v) is 6.37. The Morgan fingerprint density at radius 2 is 2.56 bits per heavy atom. The maximum absolute atomic E-state index is 4.30. The van der Waals surface area contributed by atoms with E-state index >= 15 is 0 Å². The van der Waals surface area contributed by atoms with Gasteiger partial charge in [-0.05, 0) is 19.8 Å². The number of thiazole rings is 1. The van der Waals surface area contributed by atoms with Crippen LogP contribution in [0.4, 0.5) is 0 Å². The minimum atomic E-state index is 0.816. The summed E-state index contributed by atoms with van der Waals surface area (Å²) in [6.07, 6.45) is 1.86. The summed E-state index contributed by atoms with van der Waals surface area (Å²) in [7, 11) is 0. The van der Waals surface area contributed by atoms with E-state index in [1.165, 1.54) is 5.01 Å². The number of hydrogen-bond donors (Lipinski definition) is 0. The molecule has 9 heavy (non-hydrogen) atoms. The molecule has 0 aliphatic carbocycles. The monoisotopic (exact) mass is 140 g/mol. The molecule has 49 valence electrons. The highest BCUT2D eigenvalue weighted by Gasteiger charge is 1.94. The highest BCUT2D eigenvalue weighted by Crippen LogP contribution is 2.09. The molecule has 2 heteroatoms. The van der Waals surface area contributed by atoms with Crippen molar-refractivity contribution in [1.82, 2.24) is 4.98 Å². The van der Waals surface area contributed by atoms with Crippen LogP contribution in [0.3, 0.4) is 0 Å². The van der Waals surface area contributed by atoms with Crippen molar-refractivity contribution in [2.24, 2.45) is 0 Å². The largest absolute Gasteiger partial charge is 0.246 e. The van der Waals surface area contributed by atoms with E-state index < -0.39 is 0 Å². The van der Waals surface area contributed by atoms with Gasteiger partial charge in [-0.2, -0.15) is 0 Å². The van der Waals surface area contributed by atoms with Gasteiger partial charge >= 0.3 is 0 Å². The fourth-order valence-electron chi connectivity index (χ4n) is 0.626. The van der Waals surface area contributed by atoms with Gasteiger partial charge in [-0.15, -0.1) is 11.3 Å². The van der Waals surface area contributed by atoms with Crippen molar-refractivity contribution in [3.05, 3.63) is 23.0 Å². The lowest BCUT2D eigenvalue weighted by Gasteiger charge is -1.83. The van der Waals surface area contributed by atoms with Crippen LogP contribution in [0, 0.1) is 6.92 Å². The van der Waals surface area contributed by atoms with Gasteiger partial charge in [0.2, 0.25) is 0 Å². The first-order valence-electron chi connectivity index (χ1n) is 3.09. The summed E-state index contributed by atoms with van der Waals surface area (Å²) >= 11 is 1.72. The average Bonchev–Trinajstić information content (AvgIpc) is 2.34. The fourth-order valence-corrected chi connectivity index (χ4v) is 1.41. The van der Waals surface area contributed by atoms with E-state index in [2.05, 4.69) is 24.2 Å². The van der Waals surface area contributed by atoms with E-state index in [1.54, 1.807) is 11.3 Å². The van der Waals surface area contributed by atoms with Crippen LogP contribution in [0.15, 0.2) is 5.38 Å². The maximum Gasteiger partial charge on any atom is 0.0925 e. The normalized spacial score (nSPS) is 10.0. The van der Waals surface area contributed by atoms with Crippen molar-refractivity contribution in [3.63, 3.8) is 0 Å². The van der Waals surface area contributed by atoms with E-state index in [9.17, 15) is 0 Å². The first-order valence-corrected chi connectivity index (χ1v) is 3.97. The second kappa shape index (κ2) is 2.97. The molecule has 0 aromatic carbocycles. The Morgan fingerprint density at radius 3 is 2.89 bits per heavy atom. The standard InChI is InChI=1S/C7H10NS/c1-3-6-5-9-7(4-2)8-6/h5H,1,3-4H2,2H3. The van der Waals surface area contributed by atoms with Crippen LogP contribution in [0.5, 0.6) is 0 Å². The molecule has 0 atom stereocenters. The van der Waals surface area contributed by atoms with Crippen LogP contribution in [-0.4, -0.2) is 4.98 Å². The van der Waals surface area contributed by atoms with Crippen molar-refractivity contribution in [3.8, 4) is 0 Å². The lowest BCUT2D eigenvalue weighted by atomic mass is 10.4. The van der Waals surface area contributed by atoms with Crippen molar-refractivity contribution in [2.45, 2.75) is 19.8 Å². The fraction of sp³-hybridized carbons (Fsp3) is 0.429. The predicted molar refractivity (Wildman–Crippen MR) is 40.6 cm³/mol. The molecule has 0 saturated carbocycles. The lowest BCUT2D eigenvalue weighted by molar-refractivity contribution is 1.04. The molecular formula is C7H10NS. The van der Waals surface area contributed by atoms with Gasteiger partial charge in [-0.25, -0.2) is 4.98 Å². The first kappa shape index (κ1) is 6.75. The van der Waals surface area contributed by atoms with Crippen LogP contribution < -0.4 is 0 Å². The molecule has 1 aromatic rings. The van der Waals surface area contributed by atoms with E-state index in [0.717, 1.165) is 18.5 Å². The van der Waals surface area contributed by atoms with Gasteiger partial charge in [-0.3, -0.25) is 0 Å². The van der Waals surface area contributed by atoms with E-state index in [0.29, 0.717) is 0 Å². The Labute approximate surface area is 59.8 Å². The molecule has 0 aliphatic heterocycles. The number of nitrogens with zero attached hydrogens (tertiary/aromatic N) is 1. The quantitative estimate of drug-likeness (QED) is 0.613. The molecule has 0 amide bonds. The van der Waals surface area contributed by atoms with Gasteiger partial charge in [0.15, 0.2) is 0 Å². The first-order chi connectivity index (χ1) is 4.36. The molecule has 0 saturated heterocycles. The third-order valence-electron chi connectivity index (χ3n) is 1.16. The number of rotatable bonds is 2. The summed E-state index contributed by atoms with van der Waals surface area (Å²) < 4.78 is 0. The molecule has 1 aromatic heterocycles. The molecule has 1 rings (SSSR count). The van der Waals surface area contributed by atoms with E-state index in [-0.39, 0.29) is 0 Å². The van der Waals surface area contributed by atoms with Crippen LogP contribution in [0.2, 0.25) is 0 Å². The summed E-state index contributed by atoms with van der Waals surface area (Å²) in [6.45, 7) is 5.86. The molecule has 1 heterocycles. The molecule has 0 aliphatic rings. The molecule has 1 radical (unpaired) electrons. The Bertz CT molecular complexity index is 162. The van der Waals surface area contributed by atoms with Crippen LogP contribution in [0.1, 0.15) is 17.6 Å². The van der Waals surface area contributed by atoms with Gasteiger partial charge in [0, 0.05) is 5.38 Å². The number of aryl methyl sites for hydroxylation is 1. The van der Waals surface area contributed by atoms with E-state index in [4.69, 9.17) is 0 Å². The van der Waals surface area contributed by atoms with Crippen molar-refractivity contribution < 1.29 is 0 Å². The second-order valence-corrected chi connectivity index (χ2v) is 2.78. The van der Waals surface area contributed by atoms with Crippen LogP contribution in [-0.2, 0) is 12.8 Å². The van der Waals surface area contributed by atoms with Gasteiger partial charge < -0.3 is 0 Å². The lowest BCUT2D eigenvalue weighted by Crippen LogP contribution is -1.80. The van der Waals surface area contributed by atoms with Crippen molar-refractivity contribution >= 4 is 11.3 Å². The van der Waals surface area contributed by atoms with Gasteiger partial charge in [0.05, 0.1) is 10.7 Å². The highest BCUT2D eigenvalue weighted by atomic mass is 32.1. The van der Waals surface area contributed by atoms with E-state index in [1.807, 2.05) is 0 Å². The number of aromatic nitrogens is 1. The second-order valence-electron chi connectivity index (χ2n) is 1.84. The summed E-state index contributed by atoms with van der Waals surface area (Å²) in [6, 6.07) is 0. The minimum absolute atomic E-state index is 0.816. The molecular weight excluding hydrogens is 130 g/mol. The summed E-state index contributed by atoms with van der Waals surface area (Å²) in [5, 5.41) is 3.29. The molecule has 0 N–H and O–H groups in total. The van der Waals surface area contributed by atoms with Crippen LogP contribution in [0.25, 0.3) is 0 Å². The molecule has 0 fully saturated rings. The topological polar surface area (TPSA) is 12.9 Å². The average molecular weight is 140 g/mol. The summed E-state index contributed by atoms with van der Waals surface area (Å²) in [4.78, 5) is 4.30. The zero-order valence-electron chi connectivity index (χ0n) is 5.55. The Balaban J connectivity index is 2.74. The van der Waals surface area contributed by atoms with Gasteiger partial charge in [-0.1, -0.05) is 6.92 Å². The predicted octanol–water partition coefficient (Wildman–Crippen LogP) is 2.08. The van der Waals surface area contributed by atoms with Crippen molar-refractivity contribution in [1.29, 1.82) is 0 Å². The SMILES string of the molecule is [CH2]Cc1csc(CC)n1. The highest BCUT2D eigenvalue weighted by molar-refractivity contribution is 7.09. The third kappa shape index (κ3) is 1.52. The molecule has 0 spiro atoms. The zero-order chi connectivity index (χ0) is 6.69. The van der Waals surface area contributed by atoms with Gasteiger partial charge in [0.25, 0.3) is 0 Å². The summed E-state index contributed by atoms with van der Waals surface area (Å²) in [5.74, 6) is 0. The third-order valence-corrected chi connectivity index (χ3v) is 2.20. The van der Waals surface area contributed by atoms with Gasteiger partial charge in [0.1, 0.15) is 0 Å². The van der Waals surface area contributed by atoms with Crippen LogP contribution >= 0.6 is 11.3 Å². The Morgan fingerprint density at radius 1 is 1.78 bits per heavy atom.